The lowest BCUT2D eigenvalue weighted by atomic mass is 10.2. The van der Waals surface area contributed by atoms with E-state index in [4.69, 9.17) is 5.11 Å². The van der Waals surface area contributed by atoms with Crippen molar-refractivity contribution in [2.75, 3.05) is 0 Å². The molecular formula is C10H10N2O3. The van der Waals surface area contributed by atoms with E-state index < -0.39 is 5.97 Å². The Bertz CT molecular complexity index is 557. The summed E-state index contributed by atoms with van der Waals surface area (Å²) in [4.78, 5) is 14.9. The number of carbonyl (C=O) groups is 1. The van der Waals surface area contributed by atoms with Crippen molar-refractivity contribution < 1.29 is 15.0 Å². The minimum atomic E-state index is -1.06. The summed E-state index contributed by atoms with van der Waals surface area (Å²) in [5.41, 5.74) is 1.10. The molecule has 0 saturated carbocycles. The van der Waals surface area contributed by atoms with Crippen LogP contribution in [0.4, 0.5) is 0 Å². The van der Waals surface area contributed by atoms with E-state index in [2.05, 4.69) is 4.98 Å². The molecule has 1 aromatic carbocycles. The second-order valence-corrected chi connectivity index (χ2v) is 3.39. The fourth-order valence-corrected chi connectivity index (χ4v) is 1.51. The van der Waals surface area contributed by atoms with Gasteiger partial charge in [0.15, 0.2) is 0 Å². The molecule has 0 radical (unpaired) electrons. The number of hydrogen-bond acceptors (Lipinski definition) is 3. The van der Waals surface area contributed by atoms with Crippen molar-refractivity contribution >= 4 is 17.0 Å². The Morgan fingerprint density at radius 1 is 1.47 bits per heavy atom. The minimum Gasteiger partial charge on any atom is -0.506 e. The van der Waals surface area contributed by atoms with E-state index in [1.165, 1.54) is 12.1 Å². The Kier molecular flexibility index (Phi) is 1.89. The molecule has 2 rings (SSSR count). The third-order valence-corrected chi connectivity index (χ3v) is 2.44. The number of phenols is 1. The summed E-state index contributed by atoms with van der Waals surface area (Å²) in [6.07, 6.45) is 0. The Labute approximate surface area is 85.6 Å². The monoisotopic (exact) mass is 206 g/mol. The van der Waals surface area contributed by atoms with Crippen molar-refractivity contribution in [2.45, 2.75) is 6.92 Å². The maximum Gasteiger partial charge on any atom is 0.335 e. The van der Waals surface area contributed by atoms with Gasteiger partial charge in [0.2, 0.25) is 0 Å². The predicted molar refractivity (Wildman–Crippen MR) is 54.1 cm³/mol. The minimum absolute atomic E-state index is 0.0583. The van der Waals surface area contributed by atoms with Crippen LogP contribution in [0.3, 0.4) is 0 Å². The molecular weight excluding hydrogens is 196 g/mol. The molecule has 2 aromatic rings. The highest BCUT2D eigenvalue weighted by Crippen LogP contribution is 2.26. The second-order valence-electron chi connectivity index (χ2n) is 3.39. The number of nitrogens with zero attached hydrogens (tertiary/aromatic N) is 2. The standard InChI is InChI=1S/C10H10N2O3/c1-5-11-9-7(12(5)2)3-6(10(14)15)4-8(9)13/h3-4,13H,1-2H3,(H,14,15). The molecule has 0 fully saturated rings. The maximum absolute atomic E-state index is 10.8. The summed E-state index contributed by atoms with van der Waals surface area (Å²) in [6.45, 7) is 1.79. The number of aromatic nitrogens is 2. The molecule has 0 bridgehead atoms. The average Bonchev–Trinajstić information content (AvgIpc) is 2.45. The molecule has 15 heavy (non-hydrogen) atoms. The van der Waals surface area contributed by atoms with E-state index in [1.54, 1.807) is 18.5 Å². The van der Waals surface area contributed by atoms with Crippen LogP contribution in [-0.2, 0) is 7.05 Å². The van der Waals surface area contributed by atoms with Crippen molar-refractivity contribution in [2.24, 2.45) is 7.05 Å². The van der Waals surface area contributed by atoms with Crippen molar-refractivity contribution in [3.63, 3.8) is 0 Å². The topological polar surface area (TPSA) is 75.3 Å². The zero-order valence-electron chi connectivity index (χ0n) is 8.35. The molecule has 5 nitrogen and oxygen atoms in total. The number of carboxylic acids is 1. The van der Waals surface area contributed by atoms with Crippen LogP contribution in [0.15, 0.2) is 12.1 Å². The first-order chi connectivity index (χ1) is 7.00. The van der Waals surface area contributed by atoms with E-state index in [9.17, 15) is 9.90 Å². The van der Waals surface area contributed by atoms with Gasteiger partial charge in [-0.05, 0) is 19.1 Å². The maximum atomic E-state index is 10.8. The van der Waals surface area contributed by atoms with E-state index >= 15 is 0 Å². The van der Waals surface area contributed by atoms with Crippen LogP contribution in [-0.4, -0.2) is 25.7 Å². The number of rotatable bonds is 1. The molecule has 1 aromatic heterocycles. The highest BCUT2D eigenvalue weighted by Gasteiger charge is 2.13. The summed E-state index contributed by atoms with van der Waals surface area (Å²) in [5, 5.41) is 18.4. The van der Waals surface area contributed by atoms with Crippen LogP contribution in [0.5, 0.6) is 5.75 Å². The Hall–Kier alpha value is -2.04. The van der Waals surface area contributed by atoms with Gasteiger partial charge in [-0.1, -0.05) is 0 Å². The number of hydrogen-bond donors (Lipinski definition) is 2. The molecule has 0 aliphatic rings. The largest absolute Gasteiger partial charge is 0.506 e. The fourth-order valence-electron chi connectivity index (χ4n) is 1.51. The molecule has 0 unspecified atom stereocenters. The number of imidazole rings is 1. The number of aromatic carboxylic acids is 1. The van der Waals surface area contributed by atoms with Crippen LogP contribution in [0.25, 0.3) is 11.0 Å². The lowest BCUT2D eigenvalue weighted by Gasteiger charge is -2.00. The van der Waals surface area contributed by atoms with Gasteiger partial charge in [0.25, 0.3) is 0 Å². The van der Waals surface area contributed by atoms with E-state index in [0.29, 0.717) is 11.0 Å². The van der Waals surface area contributed by atoms with Gasteiger partial charge in [-0.25, -0.2) is 9.78 Å². The predicted octanol–water partition coefficient (Wildman–Crippen LogP) is 1.29. The quantitative estimate of drug-likeness (QED) is 0.737. The number of aryl methyl sites for hydroxylation is 2. The number of phenolic OH excluding ortho intramolecular Hbond substituents is 1. The summed E-state index contributed by atoms with van der Waals surface area (Å²) in [7, 11) is 1.77. The van der Waals surface area contributed by atoms with Crippen LogP contribution in [0.1, 0.15) is 16.2 Å². The SMILES string of the molecule is Cc1nc2c(O)cc(C(=O)O)cc2n1C. The number of aromatic hydroxyl groups is 1. The van der Waals surface area contributed by atoms with Crippen LogP contribution in [0.2, 0.25) is 0 Å². The highest BCUT2D eigenvalue weighted by atomic mass is 16.4. The fraction of sp³-hybridized carbons (Fsp3) is 0.200. The smallest absolute Gasteiger partial charge is 0.335 e. The molecule has 0 amide bonds. The second kappa shape index (κ2) is 2.98. The van der Waals surface area contributed by atoms with Crippen molar-refractivity contribution in [3.05, 3.63) is 23.5 Å². The first-order valence-electron chi connectivity index (χ1n) is 4.40. The molecule has 5 heteroatoms. The Morgan fingerprint density at radius 2 is 2.13 bits per heavy atom. The van der Waals surface area contributed by atoms with E-state index in [1.807, 2.05) is 0 Å². The normalized spacial score (nSPS) is 10.8. The van der Waals surface area contributed by atoms with Crippen molar-refractivity contribution in [3.8, 4) is 5.75 Å². The molecule has 78 valence electrons. The summed E-state index contributed by atoms with van der Waals surface area (Å²) < 4.78 is 1.74. The zero-order chi connectivity index (χ0) is 11.2. The third-order valence-electron chi connectivity index (χ3n) is 2.44. The average molecular weight is 206 g/mol. The molecule has 0 spiro atoms. The summed E-state index contributed by atoms with van der Waals surface area (Å²) >= 11 is 0. The van der Waals surface area contributed by atoms with Crippen LogP contribution < -0.4 is 0 Å². The molecule has 0 atom stereocenters. The number of carboxylic acid groups (broad SMARTS) is 1. The van der Waals surface area contributed by atoms with Gasteiger partial charge in [0, 0.05) is 7.05 Å². The van der Waals surface area contributed by atoms with E-state index in [0.717, 1.165) is 5.82 Å². The van der Waals surface area contributed by atoms with Gasteiger partial charge < -0.3 is 14.8 Å². The molecule has 2 N–H and O–H groups in total. The summed E-state index contributed by atoms with van der Waals surface area (Å²) in [5.74, 6) is -0.442. The van der Waals surface area contributed by atoms with Gasteiger partial charge in [0.05, 0.1) is 11.1 Å². The van der Waals surface area contributed by atoms with Crippen molar-refractivity contribution in [1.29, 1.82) is 0 Å². The Balaban J connectivity index is 2.85. The molecule has 0 saturated heterocycles. The Morgan fingerprint density at radius 3 is 2.73 bits per heavy atom. The lowest BCUT2D eigenvalue weighted by molar-refractivity contribution is 0.0696. The van der Waals surface area contributed by atoms with Crippen molar-refractivity contribution in [1.82, 2.24) is 9.55 Å². The summed E-state index contributed by atoms with van der Waals surface area (Å²) in [6, 6.07) is 2.70. The zero-order valence-corrected chi connectivity index (χ0v) is 8.35. The highest BCUT2D eigenvalue weighted by molar-refractivity contribution is 5.95. The molecule has 0 aliphatic carbocycles. The first-order valence-corrected chi connectivity index (χ1v) is 4.40. The van der Waals surface area contributed by atoms with Gasteiger partial charge in [-0.15, -0.1) is 0 Å². The van der Waals surface area contributed by atoms with Gasteiger partial charge in [-0.3, -0.25) is 0 Å². The van der Waals surface area contributed by atoms with Gasteiger partial charge in [-0.2, -0.15) is 0 Å². The third kappa shape index (κ3) is 1.32. The van der Waals surface area contributed by atoms with Crippen LogP contribution in [0, 0.1) is 6.92 Å². The van der Waals surface area contributed by atoms with Crippen LogP contribution >= 0.6 is 0 Å². The van der Waals surface area contributed by atoms with Gasteiger partial charge >= 0.3 is 5.97 Å². The lowest BCUT2D eigenvalue weighted by Crippen LogP contribution is -1.97. The van der Waals surface area contributed by atoms with Gasteiger partial charge in [0.1, 0.15) is 17.1 Å². The number of benzene rings is 1. The van der Waals surface area contributed by atoms with E-state index in [-0.39, 0.29) is 11.3 Å². The first kappa shape index (κ1) is 9.51. The molecule has 0 aliphatic heterocycles. The number of fused-ring (bicyclic) bond motifs is 1. The molecule has 1 heterocycles.